The quantitative estimate of drug-likeness (QED) is 0.627. The van der Waals surface area contributed by atoms with Gasteiger partial charge in [-0.1, -0.05) is 6.08 Å². The van der Waals surface area contributed by atoms with E-state index in [1.807, 2.05) is 24.7 Å². The molecular formula is C9H12N2O. The minimum absolute atomic E-state index is 0.0896. The van der Waals surface area contributed by atoms with Crippen molar-refractivity contribution in [2.75, 3.05) is 0 Å². The second kappa shape index (κ2) is 3.85. The van der Waals surface area contributed by atoms with Crippen molar-refractivity contribution < 1.29 is 4.79 Å². The van der Waals surface area contributed by atoms with Crippen LogP contribution in [-0.2, 0) is 18.3 Å². The van der Waals surface area contributed by atoms with Crippen molar-refractivity contribution in [3.63, 3.8) is 0 Å². The van der Waals surface area contributed by atoms with Crippen molar-refractivity contribution in [3.8, 4) is 0 Å². The Kier molecular flexibility index (Phi) is 2.80. The molecule has 0 saturated heterocycles. The lowest BCUT2D eigenvalue weighted by Crippen LogP contribution is -2.04. The third-order valence-corrected chi connectivity index (χ3v) is 1.61. The number of imidazole rings is 1. The minimum atomic E-state index is 0.0896. The zero-order chi connectivity index (χ0) is 8.97. The summed E-state index contributed by atoms with van der Waals surface area (Å²) in [7, 11) is 1.88. The van der Waals surface area contributed by atoms with E-state index in [1.54, 1.807) is 18.3 Å². The van der Waals surface area contributed by atoms with Gasteiger partial charge in [-0.05, 0) is 13.0 Å². The number of rotatable bonds is 3. The number of aromatic nitrogens is 2. The van der Waals surface area contributed by atoms with Gasteiger partial charge >= 0.3 is 0 Å². The van der Waals surface area contributed by atoms with Gasteiger partial charge in [-0.15, -0.1) is 0 Å². The van der Waals surface area contributed by atoms with Crippen molar-refractivity contribution in [3.05, 3.63) is 30.4 Å². The summed E-state index contributed by atoms with van der Waals surface area (Å²) in [6.45, 7) is 1.83. The topological polar surface area (TPSA) is 34.9 Å². The van der Waals surface area contributed by atoms with Crippen LogP contribution in [0.15, 0.2) is 24.5 Å². The van der Waals surface area contributed by atoms with Crippen molar-refractivity contribution >= 4 is 5.78 Å². The zero-order valence-electron chi connectivity index (χ0n) is 7.32. The number of allylic oxidation sites excluding steroid dienone is 2. The van der Waals surface area contributed by atoms with Crippen molar-refractivity contribution in [2.45, 2.75) is 13.3 Å². The van der Waals surface area contributed by atoms with E-state index in [0.29, 0.717) is 6.42 Å². The van der Waals surface area contributed by atoms with Crippen LogP contribution in [0.2, 0.25) is 0 Å². The summed E-state index contributed by atoms with van der Waals surface area (Å²) in [6.07, 6.45) is 7.21. The highest BCUT2D eigenvalue weighted by atomic mass is 16.1. The second-order valence-electron chi connectivity index (χ2n) is 2.60. The van der Waals surface area contributed by atoms with E-state index in [4.69, 9.17) is 0 Å². The van der Waals surface area contributed by atoms with E-state index in [1.165, 1.54) is 0 Å². The van der Waals surface area contributed by atoms with E-state index in [-0.39, 0.29) is 5.78 Å². The van der Waals surface area contributed by atoms with Gasteiger partial charge in [0.15, 0.2) is 5.78 Å². The van der Waals surface area contributed by atoms with E-state index in [9.17, 15) is 4.79 Å². The lowest BCUT2D eigenvalue weighted by atomic mass is 10.2. The summed E-state index contributed by atoms with van der Waals surface area (Å²) in [5.41, 5.74) is 0. The Morgan fingerprint density at radius 1 is 1.75 bits per heavy atom. The van der Waals surface area contributed by atoms with Gasteiger partial charge in [-0.2, -0.15) is 0 Å². The fourth-order valence-electron chi connectivity index (χ4n) is 0.967. The maximum Gasteiger partial charge on any atom is 0.162 e. The predicted octanol–water partition coefficient (Wildman–Crippen LogP) is 1.11. The molecular weight excluding hydrogens is 152 g/mol. The SMILES string of the molecule is C/C=C/C(=O)Cc1nccn1C. The van der Waals surface area contributed by atoms with Crippen LogP contribution in [0.5, 0.6) is 0 Å². The molecule has 0 aromatic carbocycles. The Labute approximate surface area is 71.7 Å². The predicted molar refractivity (Wildman–Crippen MR) is 46.7 cm³/mol. The second-order valence-corrected chi connectivity index (χ2v) is 2.60. The lowest BCUT2D eigenvalue weighted by Gasteiger charge is -1.96. The Morgan fingerprint density at radius 3 is 3.00 bits per heavy atom. The number of aryl methyl sites for hydroxylation is 1. The van der Waals surface area contributed by atoms with Crippen molar-refractivity contribution in [1.29, 1.82) is 0 Å². The molecule has 1 aromatic rings. The lowest BCUT2D eigenvalue weighted by molar-refractivity contribution is -0.114. The number of ketones is 1. The fourth-order valence-corrected chi connectivity index (χ4v) is 0.967. The van der Waals surface area contributed by atoms with Crippen LogP contribution in [0.3, 0.4) is 0 Å². The van der Waals surface area contributed by atoms with Crippen LogP contribution < -0.4 is 0 Å². The molecule has 1 rings (SSSR count). The molecule has 0 unspecified atom stereocenters. The van der Waals surface area contributed by atoms with E-state index in [2.05, 4.69) is 4.98 Å². The Balaban J connectivity index is 2.64. The molecule has 0 atom stereocenters. The molecule has 0 aliphatic rings. The first-order valence-corrected chi connectivity index (χ1v) is 3.85. The molecule has 3 nitrogen and oxygen atoms in total. The molecule has 12 heavy (non-hydrogen) atoms. The molecule has 0 spiro atoms. The Bertz CT molecular complexity index is 299. The number of hydrogen-bond donors (Lipinski definition) is 0. The highest BCUT2D eigenvalue weighted by Crippen LogP contribution is 1.96. The van der Waals surface area contributed by atoms with Gasteiger partial charge in [0, 0.05) is 19.4 Å². The summed E-state index contributed by atoms with van der Waals surface area (Å²) in [5.74, 6) is 0.893. The first kappa shape index (κ1) is 8.71. The molecule has 0 radical (unpaired) electrons. The summed E-state index contributed by atoms with van der Waals surface area (Å²) in [6, 6.07) is 0. The first-order chi connectivity index (χ1) is 5.74. The van der Waals surface area contributed by atoms with Gasteiger partial charge in [0.25, 0.3) is 0 Å². The summed E-state index contributed by atoms with van der Waals surface area (Å²) in [5, 5.41) is 0. The standard InChI is InChI=1S/C9H12N2O/c1-3-4-8(12)7-9-10-5-6-11(9)2/h3-6H,7H2,1-2H3/b4-3+. The molecule has 0 N–H and O–H groups in total. The van der Waals surface area contributed by atoms with Gasteiger partial charge in [-0.25, -0.2) is 4.98 Å². The smallest absolute Gasteiger partial charge is 0.162 e. The molecule has 64 valence electrons. The molecule has 1 heterocycles. The average Bonchev–Trinajstić information content (AvgIpc) is 2.37. The summed E-state index contributed by atoms with van der Waals surface area (Å²) < 4.78 is 1.85. The molecule has 0 amide bonds. The van der Waals surface area contributed by atoms with Gasteiger partial charge in [0.2, 0.25) is 0 Å². The highest BCUT2D eigenvalue weighted by molar-refractivity contribution is 5.90. The number of hydrogen-bond acceptors (Lipinski definition) is 2. The largest absolute Gasteiger partial charge is 0.338 e. The molecule has 0 aliphatic heterocycles. The van der Waals surface area contributed by atoms with Gasteiger partial charge in [0.05, 0.1) is 6.42 Å². The molecule has 0 aliphatic carbocycles. The molecule has 3 heteroatoms. The van der Waals surface area contributed by atoms with Crippen LogP contribution in [0.1, 0.15) is 12.7 Å². The first-order valence-electron chi connectivity index (χ1n) is 3.85. The summed E-state index contributed by atoms with van der Waals surface area (Å²) in [4.78, 5) is 15.2. The summed E-state index contributed by atoms with van der Waals surface area (Å²) >= 11 is 0. The van der Waals surface area contributed by atoms with Crippen LogP contribution in [0.4, 0.5) is 0 Å². The van der Waals surface area contributed by atoms with Crippen LogP contribution in [0, 0.1) is 0 Å². The molecule has 0 bridgehead atoms. The minimum Gasteiger partial charge on any atom is -0.338 e. The van der Waals surface area contributed by atoms with Gasteiger partial charge < -0.3 is 4.57 Å². The number of carbonyl (C=O) groups is 1. The molecule has 0 fully saturated rings. The van der Waals surface area contributed by atoms with Gasteiger partial charge in [0.1, 0.15) is 5.82 Å². The maximum atomic E-state index is 11.1. The number of nitrogens with zero attached hydrogens (tertiary/aromatic N) is 2. The van der Waals surface area contributed by atoms with Crippen molar-refractivity contribution in [1.82, 2.24) is 9.55 Å². The van der Waals surface area contributed by atoms with Crippen LogP contribution >= 0.6 is 0 Å². The number of carbonyl (C=O) groups excluding carboxylic acids is 1. The molecule has 1 aromatic heterocycles. The van der Waals surface area contributed by atoms with Gasteiger partial charge in [-0.3, -0.25) is 4.79 Å². The maximum absolute atomic E-state index is 11.1. The third-order valence-electron chi connectivity index (χ3n) is 1.61. The highest BCUT2D eigenvalue weighted by Gasteiger charge is 2.02. The average molecular weight is 164 g/mol. The van der Waals surface area contributed by atoms with E-state index in [0.717, 1.165) is 5.82 Å². The van der Waals surface area contributed by atoms with Crippen LogP contribution in [-0.4, -0.2) is 15.3 Å². The van der Waals surface area contributed by atoms with Crippen molar-refractivity contribution in [2.24, 2.45) is 7.05 Å². The Morgan fingerprint density at radius 2 is 2.50 bits per heavy atom. The normalized spacial score (nSPS) is 10.8. The van der Waals surface area contributed by atoms with E-state index < -0.39 is 0 Å². The Hall–Kier alpha value is -1.38. The van der Waals surface area contributed by atoms with Crippen LogP contribution in [0.25, 0.3) is 0 Å². The molecule has 0 saturated carbocycles. The monoisotopic (exact) mass is 164 g/mol. The fraction of sp³-hybridized carbons (Fsp3) is 0.333. The zero-order valence-corrected chi connectivity index (χ0v) is 7.32. The van der Waals surface area contributed by atoms with E-state index >= 15 is 0 Å². The third kappa shape index (κ3) is 2.05.